The summed E-state index contributed by atoms with van der Waals surface area (Å²) in [5, 5.41) is 4.02. The van der Waals surface area contributed by atoms with Gasteiger partial charge < -0.3 is 15.0 Å². The molecule has 2 heterocycles. The lowest BCUT2D eigenvalue weighted by Crippen LogP contribution is -2.32. The first-order chi connectivity index (χ1) is 12.6. The summed E-state index contributed by atoms with van der Waals surface area (Å²) in [6, 6.07) is 7.94. The monoisotopic (exact) mass is 355 g/mol. The highest BCUT2D eigenvalue weighted by molar-refractivity contribution is 6.07. The molecule has 1 aliphatic heterocycles. The number of carbonyl (C=O) groups is 1. The number of para-hydroxylation sites is 1. The van der Waals surface area contributed by atoms with Crippen molar-refractivity contribution < 1.29 is 9.53 Å². The Morgan fingerprint density at radius 1 is 1.35 bits per heavy atom. The van der Waals surface area contributed by atoms with E-state index in [1.165, 1.54) is 0 Å². The third-order valence-electron chi connectivity index (χ3n) is 4.67. The quantitative estimate of drug-likeness (QED) is 0.776. The predicted octanol–water partition coefficient (Wildman–Crippen LogP) is 3.02. The van der Waals surface area contributed by atoms with Crippen molar-refractivity contribution in [3.63, 3.8) is 0 Å². The number of carbonyl (C=O) groups excluding carboxylic acids is 1. The first-order valence-corrected chi connectivity index (χ1v) is 9.51. The molecule has 0 fully saturated rings. The number of likely N-dealkylation sites (N-methyl/N-ethyl adjacent to an activating group) is 1. The molecule has 3 rings (SSSR count). The third-order valence-corrected chi connectivity index (χ3v) is 4.67. The van der Waals surface area contributed by atoms with Crippen LogP contribution in [0.1, 0.15) is 41.9 Å². The van der Waals surface area contributed by atoms with Crippen molar-refractivity contribution in [2.75, 3.05) is 33.4 Å². The van der Waals surface area contributed by atoms with Crippen molar-refractivity contribution in [1.82, 2.24) is 15.2 Å². The summed E-state index contributed by atoms with van der Waals surface area (Å²) in [7, 11) is 2.09. The molecule has 5 heteroatoms. The van der Waals surface area contributed by atoms with Gasteiger partial charge in [0.1, 0.15) is 0 Å². The van der Waals surface area contributed by atoms with E-state index >= 15 is 0 Å². The second-order valence-electron chi connectivity index (χ2n) is 7.50. The predicted molar refractivity (Wildman–Crippen MR) is 104 cm³/mol. The minimum absolute atomic E-state index is 0.000917. The van der Waals surface area contributed by atoms with Crippen LogP contribution in [-0.4, -0.2) is 49.1 Å². The van der Waals surface area contributed by atoms with Crippen molar-refractivity contribution in [2.24, 2.45) is 5.92 Å². The Bertz CT molecular complexity index is 773. The minimum atomic E-state index is -0.000917. The number of rotatable bonds is 7. The van der Waals surface area contributed by atoms with E-state index < -0.39 is 0 Å². The Hall–Kier alpha value is -1.98. The zero-order valence-electron chi connectivity index (χ0n) is 16.0. The number of amides is 1. The minimum Gasteiger partial charge on any atom is -0.381 e. The molecule has 1 aromatic heterocycles. The van der Waals surface area contributed by atoms with Crippen LogP contribution in [0.5, 0.6) is 0 Å². The van der Waals surface area contributed by atoms with Gasteiger partial charge in [0.15, 0.2) is 0 Å². The van der Waals surface area contributed by atoms with E-state index in [2.05, 4.69) is 31.1 Å². The van der Waals surface area contributed by atoms with Crippen molar-refractivity contribution in [2.45, 2.75) is 33.2 Å². The molecule has 0 bridgehead atoms. The van der Waals surface area contributed by atoms with Gasteiger partial charge in [0, 0.05) is 55.9 Å². The summed E-state index contributed by atoms with van der Waals surface area (Å²) in [5.41, 5.74) is 3.83. The molecule has 0 radical (unpaired) electrons. The van der Waals surface area contributed by atoms with E-state index in [1.807, 2.05) is 24.3 Å². The van der Waals surface area contributed by atoms with Crippen molar-refractivity contribution in [3.05, 3.63) is 41.1 Å². The van der Waals surface area contributed by atoms with Crippen molar-refractivity contribution >= 4 is 16.8 Å². The average molecular weight is 355 g/mol. The molecule has 0 unspecified atom stereocenters. The fourth-order valence-electron chi connectivity index (χ4n) is 3.37. The van der Waals surface area contributed by atoms with Crippen LogP contribution in [0.15, 0.2) is 24.3 Å². The highest BCUT2D eigenvalue weighted by Crippen LogP contribution is 2.27. The van der Waals surface area contributed by atoms with Crippen LogP contribution < -0.4 is 5.32 Å². The third kappa shape index (κ3) is 4.40. The number of hydrogen-bond donors (Lipinski definition) is 1. The lowest BCUT2D eigenvalue weighted by molar-refractivity contribution is 0.0924. The number of aromatic nitrogens is 1. The fourth-order valence-corrected chi connectivity index (χ4v) is 3.37. The zero-order valence-corrected chi connectivity index (χ0v) is 16.0. The summed E-state index contributed by atoms with van der Waals surface area (Å²) in [6.07, 6.45) is 1.71. The molecule has 1 N–H and O–H groups in total. The molecule has 140 valence electrons. The number of ether oxygens (including phenoxy) is 1. The lowest BCUT2D eigenvalue weighted by Gasteiger charge is -2.27. The molecular weight excluding hydrogens is 326 g/mol. The molecule has 0 atom stereocenters. The molecule has 1 aliphatic rings. The normalized spacial score (nSPS) is 14.6. The molecule has 0 saturated carbocycles. The Kier molecular flexibility index (Phi) is 6.22. The van der Waals surface area contributed by atoms with E-state index in [4.69, 9.17) is 9.72 Å². The van der Waals surface area contributed by atoms with Crippen LogP contribution in [0.4, 0.5) is 0 Å². The van der Waals surface area contributed by atoms with Crippen LogP contribution in [-0.2, 0) is 17.7 Å². The van der Waals surface area contributed by atoms with E-state index in [0.29, 0.717) is 19.1 Å². The molecule has 26 heavy (non-hydrogen) atoms. The molecule has 0 aliphatic carbocycles. The van der Waals surface area contributed by atoms with E-state index in [0.717, 1.165) is 60.3 Å². The van der Waals surface area contributed by atoms with E-state index in [-0.39, 0.29) is 5.91 Å². The summed E-state index contributed by atoms with van der Waals surface area (Å²) in [4.78, 5) is 20.0. The highest BCUT2D eigenvalue weighted by atomic mass is 16.5. The largest absolute Gasteiger partial charge is 0.381 e. The first-order valence-electron chi connectivity index (χ1n) is 9.51. The second-order valence-corrected chi connectivity index (χ2v) is 7.50. The standard InChI is InChI=1S/C21H29N3O2/c1-15(2)14-26-12-6-10-22-21(25)20-16-7-4-5-8-18(16)23-19-9-11-24(3)13-17(19)20/h4-5,7-8,15H,6,9-14H2,1-3H3,(H,22,25). The summed E-state index contributed by atoms with van der Waals surface area (Å²) in [6.45, 7) is 8.09. The van der Waals surface area contributed by atoms with Gasteiger partial charge in [-0.15, -0.1) is 0 Å². The van der Waals surface area contributed by atoms with Crippen molar-refractivity contribution in [3.8, 4) is 0 Å². The van der Waals surface area contributed by atoms with Gasteiger partial charge in [0.05, 0.1) is 11.1 Å². The van der Waals surface area contributed by atoms with Crippen LogP contribution in [0.25, 0.3) is 10.9 Å². The Labute approximate surface area is 155 Å². The number of pyridine rings is 1. The van der Waals surface area contributed by atoms with Gasteiger partial charge in [-0.3, -0.25) is 9.78 Å². The molecular formula is C21H29N3O2. The van der Waals surface area contributed by atoms with Gasteiger partial charge in [-0.2, -0.15) is 0 Å². The van der Waals surface area contributed by atoms with Crippen LogP contribution in [0.3, 0.4) is 0 Å². The SMILES string of the molecule is CC(C)COCCCNC(=O)c1c2c(nc3ccccc13)CCN(C)C2. The van der Waals surface area contributed by atoms with Gasteiger partial charge >= 0.3 is 0 Å². The Morgan fingerprint density at radius 2 is 2.15 bits per heavy atom. The van der Waals surface area contributed by atoms with Gasteiger partial charge in [-0.1, -0.05) is 32.0 Å². The summed E-state index contributed by atoms with van der Waals surface area (Å²) >= 11 is 0. The van der Waals surface area contributed by atoms with Gasteiger partial charge in [-0.25, -0.2) is 0 Å². The maximum atomic E-state index is 13.0. The number of nitrogens with zero attached hydrogens (tertiary/aromatic N) is 2. The van der Waals surface area contributed by atoms with E-state index in [1.54, 1.807) is 0 Å². The van der Waals surface area contributed by atoms with Crippen molar-refractivity contribution in [1.29, 1.82) is 0 Å². The molecule has 0 spiro atoms. The van der Waals surface area contributed by atoms with E-state index in [9.17, 15) is 4.79 Å². The number of nitrogens with one attached hydrogen (secondary N) is 1. The van der Waals surface area contributed by atoms with Gasteiger partial charge in [-0.05, 0) is 25.5 Å². The molecule has 1 aromatic carbocycles. The topological polar surface area (TPSA) is 54.5 Å². The summed E-state index contributed by atoms with van der Waals surface area (Å²) in [5.74, 6) is 0.537. The molecule has 0 saturated heterocycles. The number of hydrogen-bond acceptors (Lipinski definition) is 4. The van der Waals surface area contributed by atoms with Crippen LogP contribution in [0.2, 0.25) is 0 Å². The number of benzene rings is 1. The van der Waals surface area contributed by atoms with Gasteiger partial charge in [0.25, 0.3) is 5.91 Å². The molecule has 5 nitrogen and oxygen atoms in total. The number of fused-ring (bicyclic) bond motifs is 2. The highest BCUT2D eigenvalue weighted by Gasteiger charge is 2.24. The lowest BCUT2D eigenvalue weighted by atomic mass is 9.95. The zero-order chi connectivity index (χ0) is 18.5. The maximum Gasteiger partial charge on any atom is 0.252 e. The molecule has 2 aromatic rings. The first kappa shape index (κ1) is 18.8. The summed E-state index contributed by atoms with van der Waals surface area (Å²) < 4.78 is 5.59. The van der Waals surface area contributed by atoms with Crippen LogP contribution in [0, 0.1) is 5.92 Å². The smallest absolute Gasteiger partial charge is 0.252 e. The second kappa shape index (κ2) is 8.60. The Morgan fingerprint density at radius 3 is 2.96 bits per heavy atom. The molecule has 1 amide bonds. The van der Waals surface area contributed by atoms with Crippen LogP contribution >= 0.6 is 0 Å². The fraction of sp³-hybridized carbons (Fsp3) is 0.524. The Balaban J connectivity index is 1.75. The maximum absolute atomic E-state index is 13.0. The van der Waals surface area contributed by atoms with Gasteiger partial charge in [0.2, 0.25) is 0 Å². The average Bonchev–Trinajstić information content (AvgIpc) is 2.62.